The van der Waals surface area contributed by atoms with Crippen LogP contribution in [0.3, 0.4) is 0 Å². The summed E-state index contributed by atoms with van der Waals surface area (Å²) in [6.45, 7) is 1.85. The Morgan fingerprint density at radius 3 is 2.36 bits per heavy atom. The largest absolute Gasteiger partial charge is 0.381 e. The fourth-order valence-corrected chi connectivity index (χ4v) is 1.09. The number of likely N-dealkylation sites (N-methyl/N-ethyl adjacent to an activating group) is 2. The number of anilines is 2. The second-order valence-corrected chi connectivity index (χ2v) is 3.49. The quantitative estimate of drug-likeness (QED) is 0.736. The Bertz CT molecular complexity index is 286. The van der Waals surface area contributed by atoms with Gasteiger partial charge >= 0.3 is 0 Å². The molecule has 0 amide bonds. The lowest BCUT2D eigenvalue weighted by atomic mass is 10.4. The van der Waals surface area contributed by atoms with Gasteiger partial charge in [0.25, 0.3) is 0 Å². The molecule has 2 N–H and O–H groups in total. The Kier molecular flexibility index (Phi) is 3.64. The highest BCUT2D eigenvalue weighted by molar-refractivity contribution is 5.56. The van der Waals surface area contributed by atoms with Crippen molar-refractivity contribution in [3.63, 3.8) is 0 Å². The van der Waals surface area contributed by atoms with Crippen LogP contribution in [0.1, 0.15) is 0 Å². The van der Waals surface area contributed by atoms with Gasteiger partial charge in [0.1, 0.15) is 0 Å². The molecule has 0 aliphatic rings. The van der Waals surface area contributed by atoms with Gasteiger partial charge in [0, 0.05) is 32.5 Å². The molecule has 0 atom stereocenters. The Morgan fingerprint density at radius 1 is 1.14 bits per heavy atom. The van der Waals surface area contributed by atoms with Crippen molar-refractivity contribution in [2.45, 2.75) is 0 Å². The van der Waals surface area contributed by atoms with Crippen LogP contribution in [0.5, 0.6) is 0 Å². The molecule has 0 radical (unpaired) electrons. The van der Waals surface area contributed by atoms with Crippen molar-refractivity contribution < 1.29 is 0 Å². The molecule has 5 nitrogen and oxygen atoms in total. The number of aromatic nitrogens is 2. The van der Waals surface area contributed by atoms with E-state index in [4.69, 9.17) is 5.73 Å². The van der Waals surface area contributed by atoms with Crippen molar-refractivity contribution in [3.8, 4) is 0 Å². The van der Waals surface area contributed by atoms with Crippen LogP contribution < -0.4 is 10.6 Å². The molecule has 0 bridgehead atoms. The molecule has 0 aliphatic carbocycles. The van der Waals surface area contributed by atoms with Gasteiger partial charge in [-0.3, -0.25) is 0 Å². The summed E-state index contributed by atoms with van der Waals surface area (Å²) in [6, 6.07) is 0. The minimum atomic E-state index is 0.480. The number of rotatable bonds is 4. The second-order valence-electron chi connectivity index (χ2n) is 3.49. The SMILES string of the molecule is CN(C)CCN(C)c1nccnc1N. The lowest BCUT2D eigenvalue weighted by molar-refractivity contribution is 0.416. The van der Waals surface area contributed by atoms with Crippen LogP contribution in [0.4, 0.5) is 11.6 Å². The molecular formula is C9H17N5. The summed E-state index contributed by atoms with van der Waals surface area (Å²) in [7, 11) is 6.03. The van der Waals surface area contributed by atoms with E-state index in [2.05, 4.69) is 14.9 Å². The second kappa shape index (κ2) is 4.76. The average Bonchev–Trinajstić information content (AvgIpc) is 2.15. The lowest BCUT2D eigenvalue weighted by Gasteiger charge is -2.20. The third-order valence-corrected chi connectivity index (χ3v) is 1.95. The highest BCUT2D eigenvalue weighted by Gasteiger charge is 2.06. The monoisotopic (exact) mass is 195 g/mol. The van der Waals surface area contributed by atoms with Gasteiger partial charge < -0.3 is 15.5 Å². The minimum absolute atomic E-state index is 0.480. The van der Waals surface area contributed by atoms with Crippen molar-refractivity contribution in [2.75, 3.05) is 44.9 Å². The number of hydrogen-bond acceptors (Lipinski definition) is 5. The topological polar surface area (TPSA) is 58.3 Å². The zero-order valence-corrected chi connectivity index (χ0v) is 8.94. The molecule has 0 aliphatic heterocycles. The van der Waals surface area contributed by atoms with E-state index in [1.54, 1.807) is 12.4 Å². The lowest BCUT2D eigenvalue weighted by Crippen LogP contribution is -2.29. The van der Waals surface area contributed by atoms with E-state index in [0.717, 1.165) is 18.9 Å². The van der Waals surface area contributed by atoms with Crippen molar-refractivity contribution >= 4 is 11.6 Å². The molecule has 0 saturated carbocycles. The minimum Gasteiger partial charge on any atom is -0.381 e. The maximum absolute atomic E-state index is 5.70. The summed E-state index contributed by atoms with van der Waals surface area (Å²) in [5.74, 6) is 1.23. The third-order valence-electron chi connectivity index (χ3n) is 1.95. The van der Waals surface area contributed by atoms with E-state index in [0.29, 0.717) is 5.82 Å². The summed E-state index contributed by atoms with van der Waals surface area (Å²) >= 11 is 0. The number of hydrogen-bond donors (Lipinski definition) is 1. The van der Waals surface area contributed by atoms with Gasteiger partial charge in [-0.25, -0.2) is 9.97 Å². The van der Waals surface area contributed by atoms with Gasteiger partial charge in [0.15, 0.2) is 11.6 Å². The van der Waals surface area contributed by atoms with Gasteiger partial charge in [-0.15, -0.1) is 0 Å². The fraction of sp³-hybridized carbons (Fsp3) is 0.556. The number of nitrogen functional groups attached to an aromatic ring is 1. The van der Waals surface area contributed by atoms with E-state index in [-0.39, 0.29) is 0 Å². The summed E-state index contributed by atoms with van der Waals surface area (Å²) in [5, 5.41) is 0. The third kappa shape index (κ3) is 2.85. The van der Waals surface area contributed by atoms with E-state index in [1.165, 1.54) is 0 Å². The van der Waals surface area contributed by atoms with E-state index in [9.17, 15) is 0 Å². The first kappa shape index (κ1) is 10.7. The molecule has 14 heavy (non-hydrogen) atoms. The van der Waals surface area contributed by atoms with Crippen LogP contribution in [-0.2, 0) is 0 Å². The maximum atomic E-state index is 5.70. The average molecular weight is 195 g/mol. The van der Waals surface area contributed by atoms with Gasteiger partial charge in [-0.1, -0.05) is 0 Å². The molecule has 0 fully saturated rings. The summed E-state index contributed by atoms with van der Waals surface area (Å²) in [6.07, 6.45) is 3.25. The predicted molar refractivity (Wildman–Crippen MR) is 58.3 cm³/mol. The van der Waals surface area contributed by atoms with Crippen molar-refractivity contribution in [3.05, 3.63) is 12.4 Å². The number of nitrogens with zero attached hydrogens (tertiary/aromatic N) is 4. The zero-order valence-electron chi connectivity index (χ0n) is 8.94. The Hall–Kier alpha value is -1.36. The fourth-order valence-electron chi connectivity index (χ4n) is 1.09. The van der Waals surface area contributed by atoms with Crippen LogP contribution in [0.15, 0.2) is 12.4 Å². The van der Waals surface area contributed by atoms with Crippen LogP contribution in [0.2, 0.25) is 0 Å². The highest BCUT2D eigenvalue weighted by atomic mass is 15.2. The van der Waals surface area contributed by atoms with Crippen LogP contribution in [0, 0.1) is 0 Å². The summed E-state index contributed by atoms with van der Waals surface area (Å²) in [4.78, 5) is 12.3. The molecule has 1 aromatic rings. The van der Waals surface area contributed by atoms with Crippen LogP contribution >= 0.6 is 0 Å². The first-order valence-corrected chi connectivity index (χ1v) is 4.53. The van der Waals surface area contributed by atoms with E-state index >= 15 is 0 Å². The van der Waals surface area contributed by atoms with Gasteiger partial charge in [-0.05, 0) is 14.1 Å². The Morgan fingerprint density at radius 2 is 1.79 bits per heavy atom. The van der Waals surface area contributed by atoms with Crippen molar-refractivity contribution in [1.29, 1.82) is 0 Å². The number of nitrogens with two attached hydrogens (primary N) is 1. The first-order chi connectivity index (χ1) is 6.61. The molecule has 0 spiro atoms. The Balaban J connectivity index is 2.60. The van der Waals surface area contributed by atoms with E-state index in [1.807, 2.05) is 26.0 Å². The molecule has 1 aromatic heterocycles. The standard InChI is InChI=1S/C9H17N5/c1-13(2)6-7-14(3)9-8(10)11-4-5-12-9/h4-5H,6-7H2,1-3H3,(H2,10,11). The predicted octanol–water partition coefficient (Wildman–Crippen LogP) is 0.0566. The van der Waals surface area contributed by atoms with Gasteiger partial charge in [0.2, 0.25) is 0 Å². The first-order valence-electron chi connectivity index (χ1n) is 4.53. The van der Waals surface area contributed by atoms with Gasteiger partial charge in [0.05, 0.1) is 0 Å². The summed E-state index contributed by atoms with van der Waals surface area (Å²) < 4.78 is 0. The molecular weight excluding hydrogens is 178 g/mol. The van der Waals surface area contributed by atoms with Crippen LogP contribution in [0.25, 0.3) is 0 Å². The molecule has 1 rings (SSSR count). The molecule has 5 heteroatoms. The normalized spacial score (nSPS) is 10.6. The van der Waals surface area contributed by atoms with E-state index < -0.39 is 0 Å². The molecule has 1 heterocycles. The summed E-state index contributed by atoms with van der Waals surface area (Å²) in [5.41, 5.74) is 5.70. The van der Waals surface area contributed by atoms with Crippen molar-refractivity contribution in [2.24, 2.45) is 0 Å². The zero-order chi connectivity index (χ0) is 10.6. The van der Waals surface area contributed by atoms with Gasteiger partial charge in [-0.2, -0.15) is 0 Å². The maximum Gasteiger partial charge on any atom is 0.171 e. The molecule has 0 saturated heterocycles. The molecule has 78 valence electrons. The smallest absolute Gasteiger partial charge is 0.171 e. The Labute approximate surface area is 84.6 Å². The van der Waals surface area contributed by atoms with Crippen molar-refractivity contribution in [1.82, 2.24) is 14.9 Å². The molecule has 0 aromatic carbocycles. The molecule has 0 unspecified atom stereocenters. The highest BCUT2D eigenvalue weighted by Crippen LogP contribution is 2.13. The van der Waals surface area contributed by atoms with Crippen LogP contribution in [-0.4, -0.2) is 49.1 Å².